The maximum absolute atomic E-state index is 12.2. The number of aryl methyl sites for hydroxylation is 2. The molecule has 0 radical (unpaired) electrons. The Labute approximate surface area is 94.9 Å². The Morgan fingerprint density at radius 3 is 2.56 bits per heavy atom. The third-order valence-corrected chi connectivity index (χ3v) is 2.84. The zero-order valence-corrected chi connectivity index (χ0v) is 9.70. The van der Waals surface area contributed by atoms with Crippen molar-refractivity contribution in [2.24, 2.45) is 0 Å². The number of ketones is 1. The Hall–Kier alpha value is -1.83. The lowest BCUT2D eigenvalue weighted by atomic mass is 9.97. The van der Waals surface area contributed by atoms with Gasteiger partial charge in [-0.3, -0.25) is 4.79 Å². The second-order valence-corrected chi connectivity index (χ2v) is 4.02. The lowest BCUT2D eigenvalue weighted by Crippen LogP contribution is -2.03. The van der Waals surface area contributed by atoms with Crippen LogP contribution in [0.15, 0.2) is 34.9 Å². The van der Waals surface area contributed by atoms with E-state index in [1.54, 1.807) is 6.07 Å². The zero-order chi connectivity index (χ0) is 11.7. The van der Waals surface area contributed by atoms with Crippen LogP contribution < -0.4 is 0 Å². The number of carbonyl (C=O) groups is 1. The highest BCUT2D eigenvalue weighted by Gasteiger charge is 2.14. The first-order valence-electron chi connectivity index (χ1n) is 5.25. The van der Waals surface area contributed by atoms with Gasteiger partial charge in [-0.15, -0.1) is 0 Å². The molecule has 2 rings (SSSR count). The first-order valence-corrected chi connectivity index (χ1v) is 5.25. The molecular formula is C14H14O2. The summed E-state index contributed by atoms with van der Waals surface area (Å²) < 4.78 is 5.16. The van der Waals surface area contributed by atoms with Gasteiger partial charge < -0.3 is 4.42 Å². The van der Waals surface area contributed by atoms with Crippen molar-refractivity contribution in [3.05, 3.63) is 58.5 Å². The fourth-order valence-electron chi connectivity index (χ4n) is 1.72. The maximum Gasteiger partial charge on any atom is 0.196 e. The van der Waals surface area contributed by atoms with Crippen LogP contribution in [-0.4, -0.2) is 5.78 Å². The Morgan fingerprint density at radius 1 is 1.19 bits per heavy atom. The van der Waals surface area contributed by atoms with Crippen molar-refractivity contribution in [2.75, 3.05) is 0 Å². The summed E-state index contributed by atoms with van der Waals surface area (Å²) in [7, 11) is 0. The van der Waals surface area contributed by atoms with E-state index in [1.807, 2.05) is 39.0 Å². The largest absolute Gasteiger partial charge is 0.469 e. The van der Waals surface area contributed by atoms with Crippen molar-refractivity contribution in [1.29, 1.82) is 0 Å². The summed E-state index contributed by atoms with van der Waals surface area (Å²) in [5.41, 5.74) is 3.53. The third-order valence-electron chi connectivity index (χ3n) is 2.84. The molecule has 0 fully saturated rings. The van der Waals surface area contributed by atoms with Gasteiger partial charge in [-0.05, 0) is 38.0 Å². The minimum atomic E-state index is 0.0260. The number of benzene rings is 1. The van der Waals surface area contributed by atoms with Crippen LogP contribution in [0.2, 0.25) is 0 Å². The van der Waals surface area contributed by atoms with E-state index in [0.717, 1.165) is 22.5 Å². The van der Waals surface area contributed by atoms with Gasteiger partial charge in [-0.1, -0.05) is 18.2 Å². The predicted octanol–water partition coefficient (Wildman–Crippen LogP) is 3.44. The molecule has 82 valence electrons. The second kappa shape index (κ2) is 3.97. The van der Waals surface area contributed by atoms with Crippen molar-refractivity contribution in [3.8, 4) is 0 Å². The molecule has 2 heteroatoms. The fourth-order valence-corrected chi connectivity index (χ4v) is 1.72. The highest BCUT2D eigenvalue weighted by atomic mass is 16.3. The molecule has 0 aliphatic rings. The summed E-state index contributed by atoms with van der Waals surface area (Å²) >= 11 is 0. The van der Waals surface area contributed by atoms with Crippen LogP contribution in [0.4, 0.5) is 0 Å². The number of furan rings is 1. The number of hydrogen-bond acceptors (Lipinski definition) is 2. The molecule has 0 unspecified atom stereocenters. The van der Waals surface area contributed by atoms with Crippen LogP contribution in [0.25, 0.3) is 0 Å². The van der Waals surface area contributed by atoms with Crippen molar-refractivity contribution in [3.63, 3.8) is 0 Å². The zero-order valence-electron chi connectivity index (χ0n) is 9.70. The Morgan fingerprint density at radius 2 is 1.94 bits per heavy atom. The lowest BCUT2D eigenvalue weighted by molar-refractivity contribution is 0.103. The van der Waals surface area contributed by atoms with Crippen LogP contribution in [0.5, 0.6) is 0 Å². The molecule has 2 nitrogen and oxygen atoms in total. The van der Waals surface area contributed by atoms with E-state index < -0.39 is 0 Å². The third kappa shape index (κ3) is 1.78. The van der Waals surface area contributed by atoms with Crippen molar-refractivity contribution in [2.45, 2.75) is 20.8 Å². The molecule has 0 N–H and O–H groups in total. The van der Waals surface area contributed by atoms with Crippen LogP contribution in [0.1, 0.15) is 32.8 Å². The molecule has 1 aromatic heterocycles. The Kier molecular flexibility index (Phi) is 2.65. The van der Waals surface area contributed by atoms with E-state index >= 15 is 0 Å². The van der Waals surface area contributed by atoms with Gasteiger partial charge in [-0.25, -0.2) is 0 Å². The molecule has 0 saturated carbocycles. The Balaban J connectivity index is 2.45. The summed E-state index contributed by atoms with van der Waals surface area (Å²) in [6, 6.07) is 7.53. The summed E-state index contributed by atoms with van der Waals surface area (Å²) in [6.45, 7) is 5.81. The maximum atomic E-state index is 12.2. The van der Waals surface area contributed by atoms with Gasteiger partial charge in [0.2, 0.25) is 0 Å². The van der Waals surface area contributed by atoms with Crippen molar-refractivity contribution < 1.29 is 9.21 Å². The summed E-state index contributed by atoms with van der Waals surface area (Å²) in [5.74, 6) is 0.784. The molecule has 0 atom stereocenters. The highest BCUT2D eigenvalue weighted by molar-refractivity contribution is 6.09. The van der Waals surface area contributed by atoms with Crippen LogP contribution in [0, 0.1) is 20.8 Å². The van der Waals surface area contributed by atoms with E-state index in [1.165, 1.54) is 6.26 Å². The fraction of sp³-hybridized carbons (Fsp3) is 0.214. The van der Waals surface area contributed by atoms with Crippen molar-refractivity contribution in [1.82, 2.24) is 0 Å². The minimum Gasteiger partial charge on any atom is -0.469 e. The normalized spacial score (nSPS) is 10.4. The van der Waals surface area contributed by atoms with Crippen molar-refractivity contribution >= 4 is 5.78 Å². The highest BCUT2D eigenvalue weighted by Crippen LogP contribution is 2.18. The monoisotopic (exact) mass is 214 g/mol. The molecule has 0 aliphatic heterocycles. The van der Waals surface area contributed by atoms with Crippen LogP contribution in [0.3, 0.4) is 0 Å². The molecule has 0 bridgehead atoms. The van der Waals surface area contributed by atoms with Gasteiger partial charge in [0.25, 0.3) is 0 Å². The first kappa shape index (κ1) is 10.7. The summed E-state index contributed by atoms with van der Waals surface area (Å²) in [5, 5.41) is 0. The molecule has 2 aromatic rings. The molecule has 16 heavy (non-hydrogen) atoms. The lowest BCUT2D eigenvalue weighted by Gasteiger charge is -2.05. The average Bonchev–Trinajstić information content (AvgIpc) is 2.68. The smallest absolute Gasteiger partial charge is 0.196 e. The minimum absolute atomic E-state index is 0.0260. The van der Waals surface area contributed by atoms with Crippen LogP contribution >= 0.6 is 0 Å². The molecule has 1 aromatic carbocycles. The van der Waals surface area contributed by atoms with E-state index in [-0.39, 0.29) is 5.78 Å². The van der Waals surface area contributed by atoms with E-state index in [9.17, 15) is 4.79 Å². The Bertz CT molecular complexity index is 535. The van der Waals surface area contributed by atoms with Gasteiger partial charge in [-0.2, -0.15) is 0 Å². The molecule has 0 saturated heterocycles. The van der Waals surface area contributed by atoms with Gasteiger partial charge in [0.1, 0.15) is 12.0 Å². The van der Waals surface area contributed by atoms with Crippen LogP contribution in [-0.2, 0) is 0 Å². The predicted molar refractivity (Wildman–Crippen MR) is 62.8 cm³/mol. The molecular weight excluding hydrogens is 200 g/mol. The SMILES string of the molecule is Cc1cc(C(=O)c2cccc(C)c2C)co1. The van der Waals surface area contributed by atoms with E-state index in [0.29, 0.717) is 5.56 Å². The summed E-state index contributed by atoms with van der Waals surface area (Å²) in [6.07, 6.45) is 1.51. The quantitative estimate of drug-likeness (QED) is 0.717. The molecule has 1 heterocycles. The average molecular weight is 214 g/mol. The van der Waals surface area contributed by atoms with Gasteiger partial charge in [0.15, 0.2) is 5.78 Å². The standard InChI is InChI=1S/C14H14O2/c1-9-5-4-6-13(11(9)3)14(15)12-7-10(2)16-8-12/h4-8H,1-3H3. The molecule has 0 aliphatic carbocycles. The molecule has 0 amide bonds. The van der Waals surface area contributed by atoms with Gasteiger partial charge in [0, 0.05) is 5.56 Å². The van der Waals surface area contributed by atoms with Gasteiger partial charge >= 0.3 is 0 Å². The molecule has 0 spiro atoms. The van der Waals surface area contributed by atoms with E-state index in [4.69, 9.17) is 4.42 Å². The number of carbonyl (C=O) groups excluding carboxylic acids is 1. The van der Waals surface area contributed by atoms with Gasteiger partial charge in [0.05, 0.1) is 5.56 Å². The summed E-state index contributed by atoms with van der Waals surface area (Å²) in [4.78, 5) is 12.2. The second-order valence-electron chi connectivity index (χ2n) is 4.02. The first-order chi connectivity index (χ1) is 7.59. The number of hydrogen-bond donors (Lipinski definition) is 0. The van der Waals surface area contributed by atoms with E-state index in [2.05, 4.69) is 0 Å². The topological polar surface area (TPSA) is 30.2 Å². The number of rotatable bonds is 2.